The van der Waals surface area contributed by atoms with E-state index in [1.807, 2.05) is 0 Å². The minimum Gasteiger partial charge on any atom is -0.377 e. The molecular formula is C14H13N3S. The summed E-state index contributed by atoms with van der Waals surface area (Å²) in [7, 11) is 0. The third-order valence-electron chi connectivity index (χ3n) is 2.86. The number of nitrogens with zero attached hydrogens (tertiary/aromatic N) is 2. The number of nitrogens with one attached hydrogen (secondary N) is 1. The first-order chi connectivity index (χ1) is 8.83. The molecule has 4 heteroatoms. The van der Waals surface area contributed by atoms with Gasteiger partial charge in [-0.05, 0) is 42.0 Å². The number of benzene rings is 1. The maximum absolute atomic E-state index is 4.30. The quantitative estimate of drug-likeness (QED) is 0.772. The Labute approximate surface area is 110 Å². The number of hydrogen-bond donors (Lipinski definition) is 1. The maximum Gasteiger partial charge on any atom is 0.0806 e. The molecule has 0 aliphatic carbocycles. The van der Waals surface area contributed by atoms with Crippen LogP contribution in [0.15, 0.2) is 48.2 Å². The number of fused-ring (bicyclic) bond motifs is 1. The van der Waals surface area contributed by atoms with Crippen LogP contribution < -0.4 is 5.32 Å². The van der Waals surface area contributed by atoms with E-state index in [0.29, 0.717) is 0 Å². The number of thiophene rings is 1. The van der Waals surface area contributed by atoms with Gasteiger partial charge in [0, 0.05) is 22.8 Å². The molecule has 3 rings (SSSR count). The summed E-state index contributed by atoms with van der Waals surface area (Å²) in [5.74, 6) is 0. The van der Waals surface area contributed by atoms with Gasteiger partial charge in [-0.2, -0.15) is 0 Å². The molecule has 0 aliphatic heterocycles. The van der Waals surface area contributed by atoms with Crippen LogP contribution in [0.25, 0.3) is 10.1 Å². The molecule has 0 radical (unpaired) electrons. The van der Waals surface area contributed by atoms with Crippen molar-refractivity contribution >= 4 is 27.1 Å². The van der Waals surface area contributed by atoms with Crippen molar-refractivity contribution in [1.82, 2.24) is 9.97 Å². The molecule has 0 spiro atoms. The molecule has 2 aromatic heterocycles. The van der Waals surface area contributed by atoms with Gasteiger partial charge < -0.3 is 5.32 Å². The summed E-state index contributed by atoms with van der Waals surface area (Å²) in [5, 5.41) is 6.83. The number of hydrogen-bond acceptors (Lipinski definition) is 4. The zero-order valence-electron chi connectivity index (χ0n) is 10.00. The lowest BCUT2D eigenvalue weighted by Gasteiger charge is -2.14. The van der Waals surface area contributed by atoms with Crippen molar-refractivity contribution in [2.45, 2.75) is 13.0 Å². The van der Waals surface area contributed by atoms with E-state index in [-0.39, 0.29) is 6.04 Å². The summed E-state index contributed by atoms with van der Waals surface area (Å²) in [4.78, 5) is 8.39. The van der Waals surface area contributed by atoms with Crippen LogP contribution in [0.5, 0.6) is 0 Å². The van der Waals surface area contributed by atoms with Gasteiger partial charge in [0.05, 0.1) is 17.9 Å². The topological polar surface area (TPSA) is 37.8 Å². The van der Waals surface area contributed by atoms with Gasteiger partial charge in [-0.1, -0.05) is 0 Å². The van der Waals surface area contributed by atoms with Gasteiger partial charge in [-0.3, -0.25) is 9.97 Å². The molecule has 2 heterocycles. The van der Waals surface area contributed by atoms with Gasteiger partial charge in [0.2, 0.25) is 0 Å². The largest absolute Gasteiger partial charge is 0.377 e. The monoisotopic (exact) mass is 255 g/mol. The summed E-state index contributed by atoms with van der Waals surface area (Å²) >= 11 is 1.76. The van der Waals surface area contributed by atoms with Gasteiger partial charge in [0.1, 0.15) is 0 Å². The van der Waals surface area contributed by atoms with Crippen LogP contribution in [-0.4, -0.2) is 9.97 Å². The minimum atomic E-state index is 0.148. The number of rotatable bonds is 3. The minimum absolute atomic E-state index is 0.148. The first-order valence-corrected chi connectivity index (χ1v) is 6.70. The highest BCUT2D eigenvalue weighted by Gasteiger charge is 2.06. The predicted octanol–water partition coefficient (Wildman–Crippen LogP) is 3.86. The zero-order chi connectivity index (χ0) is 12.4. The fraction of sp³-hybridized carbons (Fsp3) is 0.143. The maximum atomic E-state index is 4.30. The average molecular weight is 255 g/mol. The Morgan fingerprint density at radius 2 is 2.17 bits per heavy atom. The Bertz CT molecular complexity index is 648. The van der Waals surface area contributed by atoms with Crippen molar-refractivity contribution in [2.24, 2.45) is 0 Å². The molecule has 3 nitrogen and oxygen atoms in total. The van der Waals surface area contributed by atoms with Crippen LogP contribution in [-0.2, 0) is 0 Å². The van der Waals surface area contributed by atoms with Gasteiger partial charge in [-0.25, -0.2) is 0 Å². The molecule has 0 saturated heterocycles. The molecule has 0 saturated carbocycles. The highest BCUT2D eigenvalue weighted by Crippen LogP contribution is 2.25. The lowest BCUT2D eigenvalue weighted by atomic mass is 10.2. The van der Waals surface area contributed by atoms with E-state index in [4.69, 9.17) is 0 Å². The second kappa shape index (κ2) is 4.74. The third kappa shape index (κ3) is 2.19. The fourth-order valence-electron chi connectivity index (χ4n) is 1.91. The van der Waals surface area contributed by atoms with Crippen molar-refractivity contribution in [3.8, 4) is 0 Å². The van der Waals surface area contributed by atoms with E-state index in [1.165, 1.54) is 10.1 Å². The Balaban J connectivity index is 1.83. The predicted molar refractivity (Wildman–Crippen MR) is 75.9 cm³/mol. The van der Waals surface area contributed by atoms with Gasteiger partial charge >= 0.3 is 0 Å². The van der Waals surface area contributed by atoms with E-state index >= 15 is 0 Å². The van der Waals surface area contributed by atoms with E-state index in [1.54, 1.807) is 29.9 Å². The van der Waals surface area contributed by atoms with Crippen LogP contribution >= 0.6 is 11.3 Å². The third-order valence-corrected chi connectivity index (χ3v) is 3.76. The van der Waals surface area contributed by atoms with Crippen LogP contribution in [0.3, 0.4) is 0 Å². The molecule has 1 atom stereocenters. The van der Waals surface area contributed by atoms with Crippen molar-refractivity contribution in [3.63, 3.8) is 0 Å². The lowest BCUT2D eigenvalue weighted by molar-refractivity contribution is 0.828. The van der Waals surface area contributed by atoms with Crippen LogP contribution in [0, 0.1) is 0 Å². The summed E-state index contributed by atoms with van der Waals surface area (Å²) in [6.07, 6.45) is 5.20. The van der Waals surface area contributed by atoms with Crippen molar-refractivity contribution in [3.05, 3.63) is 53.9 Å². The average Bonchev–Trinajstić information content (AvgIpc) is 2.87. The van der Waals surface area contributed by atoms with E-state index in [0.717, 1.165) is 11.4 Å². The molecule has 0 aliphatic rings. The number of anilines is 1. The summed E-state index contributed by atoms with van der Waals surface area (Å²) in [6.45, 7) is 2.09. The summed E-state index contributed by atoms with van der Waals surface area (Å²) in [6, 6.07) is 8.70. The fourth-order valence-corrected chi connectivity index (χ4v) is 2.69. The highest BCUT2D eigenvalue weighted by atomic mass is 32.1. The summed E-state index contributed by atoms with van der Waals surface area (Å²) < 4.78 is 1.31. The first-order valence-electron chi connectivity index (χ1n) is 5.82. The lowest BCUT2D eigenvalue weighted by Crippen LogP contribution is -2.08. The van der Waals surface area contributed by atoms with Gasteiger partial charge in [0.25, 0.3) is 0 Å². The second-order valence-electron chi connectivity index (χ2n) is 4.17. The first kappa shape index (κ1) is 11.2. The van der Waals surface area contributed by atoms with Crippen LogP contribution in [0.1, 0.15) is 18.7 Å². The number of aromatic nitrogens is 2. The van der Waals surface area contributed by atoms with E-state index in [9.17, 15) is 0 Å². The van der Waals surface area contributed by atoms with Crippen molar-refractivity contribution in [1.29, 1.82) is 0 Å². The van der Waals surface area contributed by atoms with Gasteiger partial charge in [0.15, 0.2) is 0 Å². The normalized spacial score (nSPS) is 12.5. The Morgan fingerprint density at radius 3 is 3.00 bits per heavy atom. The SMILES string of the molecule is CC(Nc1ccc2sccc2c1)c1cnccn1. The Morgan fingerprint density at radius 1 is 1.22 bits per heavy atom. The molecule has 18 heavy (non-hydrogen) atoms. The molecule has 0 amide bonds. The molecule has 3 aromatic rings. The second-order valence-corrected chi connectivity index (χ2v) is 5.12. The molecular weight excluding hydrogens is 242 g/mol. The Kier molecular flexibility index (Phi) is 2.94. The molecule has 1 aromatic carbocycles. The molecule has 1 unspecified atom stereocenters. The molecule has 1 N–H and O–H groups in total. The summed E-state index contributed by atoms with van der Waals surface area (Å²) in [5.41, 5.74) is 2.06. The molecule has 0 fully saturated rings. The van der Waals surface area contributed by atoms with E-state index in [2.05, 4.69) is 51.9 Å². The van der Waals surface area contributed by atoms with Crippen molar-refractivity contribution < 1.29 is 0 Å². The van der Waals surface area contributed by atoms with Crippen LogP contribution in [0.4, 0.5) is 5.69 Å². The zero-order valence-corrected chi connectivity index (χ0v) is 10.8. The van der Waals surface area contributed by atoms with Crippen molar-refractivity contribution in [2.75, 3.05) is 5.32 Å². The van der Waals surface area contributed by atoms with Crippen LogP contribution in [0.2, 0.25) is 0 Å². The van der Waals surface area contributed by atoms with E-state index < -0.39 is 0 Å². The van der Waals surface area contributed by atoms with Gasteiger partial charge in [-0.15, -0.1) is 11.3 Å². The Hall–Kier alpha value is -1.94. The molecule has 90 valence electrons. The standard InChI is InChI=1S/C14H13N3S/c1-10(13-9-15-5-6-16-13)17-12-2-3-14-11(8-12)4-7-18-14/h2-10,17H,1H3. The smallest absolute Gasteiger partial charge is 0.0806 e. The molecule has 0 bridgehead atoms. The highest BCUT2D eigenvalue weighted by molar-refractivity contribution is 7.17.